The average molecular weight is 411 g/mol. The van der Waals surface area contributed by atoms with Crippen molar-refractivity contribution in [2.75, 3.05) is 11.9 Å². The molecule has 0 aliphatic heterocycles. The molecule has 7 heteroatoms. The summed E-state index contributed by atoms with van der Waals surface area (Å²) in [7, 11) is 0. The van der Waals surface area contributed by atoms with Gasteiger partial charge in [0.15, 0.2) is 18.3 Å². The minimum Gasteiger partial charge on any atom is -0.463 e. The number of halogens is 3. The number of hydrogen-bond acceptors (Lipinski definition) is 2. The molecule has 0 aliphatic rings. The van der Waals surface area contributed by atoms with Gasteiger partial charge in [-0.2, -0.15) is 0 Å². The van der Waals surface area contributed by atoms with E-state index >= 15 is 0 Å². The van der Waals surface area contributed by atoms with Crippen molar-refractivity contribution >= 4 is 46.4 Å². The summed E-state index contributed by atoms with van der Waals surface area (Å²) in [5, 5.41) is 5.62. The zero-order valence-corrected chi connectivity index (χ0v) is 15.9. The minimum absolute atomic E-state index is 0.131. The van der Waals surface area contributed by atoms with Crippen molar-refractivity contribution in [3.05, 3.63) is 87.3 Å². The molecule has 0 bridgehead atoms. The third-order valence-corrected chi connectivity index (χ3v) is 4.63. The van der Waals surface area contributed by atoms with Crippen LogP contribution in [0, 0.1) is 0 Å². The predicted octanol–water partition coefficient (Wildman–Crippen LogP) is 4.53. The van der Waals surface area contributed by atoms with Crippen molar-refractivity contribution in [2.45, 2.75) is 6.04 Å². The number of furan rings is 1. The van der Waals surface area contributed by atoms with Crippen molar-refractivity contribution in [2.24, 2.45) is 0 Å². The van der Waals surface area contributed by atoms with Gasteiger partial charge in [0, 0.05) is 10.6 Å². The molecule has 0 fully saturated rings. The fraction of sp³-hybridized carbons (Fsp3) is 0.105. The van der Waals surface area contributed by atoms with Crippen LogP contribution in [0.1, 0.15) is 17.4 Å². The Hall–Kier alpha value is -1.98. The molecule has 134 valence electrons. The van der Waals surface area contributed by atoms with Crippen LogP contribution >= 0.6 is 34.8 Å². The molecule has 3 aromatic rings. The van der Waals surface area contributed by atoms with E-state index in [1.165, 1.54) is 12.1 Å². The van der Waals surface area contributed by atoms with Crippen LogP contribution < -0.4 is 10.6 Å². The zero-order valence-electron chi connectivity index (χ0n) is 13.6. The summed E-state index contributed by atoms with van der Waals surface area (Å²) >= 11 is 18.1. The summed E-state index contributed by atoms with van der Waals surface area (Å²) in [6.45, 7) is 0.162. The van der Waals surface area contributed by atoms with Crippen molar-refractivity contribution < 1.29 is 14.5 Å². The molecule has 1 atom stereocenters. The van der Waals surface area contributed by atoms with Gasteiger partial charge in [0.1, 0.15) is 0 Å². The number of carbonyl (C=O) groups is 1. The molecule has 0 radical (unpaired) electrons. The highest BCUT2D eigenvalue weighted by Gasteiger charge is 2.22. The summed E-state index contributed by atoms with van der Waals surface area (Å²) in [4.78, 5) is 12.4. The first-order chi connectivity index (χ1) is 12.5. The predicted molar refractivity (Wildman–Crippen MR) is 104 cm³/mol. The van der Waals surface area contributed by atoms with Crippen molar-refractivity contribution in [1.82, 2.24) is 0 Å². The van der Waals surface area contributed by atoms with E-state index in [1.807, 2.05) is 47.8 Å². The largest absolute Gasteiger partial charge is 0.463 e. The van der Waals surface area contributed by atoms with E-state index in [9.17, 15) is 4.79 Å². The maximum absolute atomic E-state index is 12.4. The van der Waals surface area contributed by atoms with Gasteiger partial charge in [0.25, 0.3) is 5.91 Å². The highest BCUT2D eigenvalue weighted by molar-refractivity contribution is 6.42. The average Bonchev–Trinajstić information content (AvgIpc) is 3.13. The molecule has 0 unspecified atom stereocenters. The molecular weight excluding hydrogens is 395 g/mol. The van der Waals surface area contributed by atoms with Crippen LogP contribution in [-0.2, 0) is 4.79 Å². The van der Waals surface area contributed by atoms with Gasteiger partial charge in [0.05, 0.1) is 22.0 Å². The van der Waals surface area contributed by atoms with Gasteiger partial charge in [-0.15, -0.1) is 0 Å². The number of anilines is 1. The Morgan fingerprint density at radius 2 is 1.73 bits per heavy atom. The molecule has 26 heavy (non-hydrogen) atoms. The van der Waals surface area contributed by atoms with Gasteiger partial charge < -0.3 is 15.1 Å². The summed E-state index contributed by atoms with van der Waals surface area (Å²) in [5.74, 6) is 0.537. The number of amides is 1. The van der Waals surface area contributed by atoms with Crippen molar-refractivity contribution in [1.29, 1.82) is 0 Å². The Balaban J connectivity index is 1.71. The molecule has 0 aliphatic carbocycles. The molecule has 0 saturated heterocycles. The second kappa shape index (κ2) is 8.60. The van der Waals surface area contributed by atoms with E-state index in [2.05, 4.69) is 5.32 Å². The van der Waals surface area contributed by atoms with Gasteiger partial charge in [0.2, 0.25) is 0 Å². The molecule has 0 spiro atoms. The lowest BCUT2D eigenvalue weighted by Gasteiger charge is -2.14. The zero-order chi connectivity index (χ0) is 18.5. The molecule has 3 N–H and O–H groups in total. The molecule has 3 rings (SSSR count). The van der Waals surface area contributed by atoms with Crippen LogP contribution in [0.3, 0.4) is 0 Å². The SMILES string of the molecule is O=C(C[NH2+][C@@H](c1ccccc1)c1ccco1)Nc1c(Cl)cc(Cl)cc1Cl. The molecule has 2 aromatic carbocycles. The van der Waals surface area contributed by atoms with Crippen LogP contribution in [0.5, 0.6) is 0 Å². The van der Waals surface area contributed by atoms with E-state index in [1.54, 1.807) is 6.26 Å². The molecule has 0 saturated carbocycles. The van der Waals surface area contributed by atoms with E-state index in [-0.39, 0.29) is 18.5 Å². The van der Waals surface area contributed by atoms with Crippen LogP contribution in [0.25, 0.3) is 0 Å². The third-order valence-electron chi connectivity index (χ3n) is 3.82. The highest BCUT2D eigenvalue weighted by atomic mass is 35.5. The molecule has 1 amide bonds. The Bertz CT molecular complexity index is 860. The fourth-order valence-corrected chi connectivity index (χ4v) is 3.53. The van der Waals surface area contributed by atoms with E-state index < -0.39 is 0 Å². The van der Waals surface area contributed by atoms with E-state index in [0.29, 0.717) is 20.8 Å². The fourth-order valence-electron chi connectivity index (χ4n) is 2.62. The topological polar surface area (TPSA) is 58.9 Å². The number of carbonyl (C=O) groups excluding carboxylic acids is 1. The Kier molecular flexibility index (Phi) is 6.22. The maximum atomic E-state index is 12.4. The monoisotopic (exact) mass is 409 g/mol. The third kappa shape index (κ3) is 4.59. The quantitative estimate of drug-likeness (QED) is 0.627. The number of hydrogen-bond donors (Lipinski definition) is 2. The van der Waals surface area contributed by atoms with Gasteiger partial charge >= 0.3 is 0 Å². The first kappa shape index (κ1) is 18.8. The van der Waals surface area contributed by atoms with E-state index in [4.69, 9.17) is 39.2 Å². The maximum Gasteiger partial charge on any atom is 0.279 e. The van der Waals surface area contributed by atoms with Crippen LogP contribution in [0.2, 0.25) is 15.1 Å². The Morgan fingerprint density at radius 1 is 1.04 bits per heavy atom. The van der Waals surface area contributed by atoms with Gasteiger partial charge in [-0.25, -0.2) is 0 Å². The van der Waals surface area contributed by atoms with Gasteiger partial charge in [-0.05, 0) is 24.3 Å². The highest BCUT2D eigenvalue weighted by Crippen LogP contribution is 2.33. The number of quaternary nitrogens is 1. The lowest BCUT2D eigenvalue weighted by Crippen LogP contribution is -2.87. The number of rotatable bonds is 6. The second-order valence-electron chi connectivity index (χ2n) is 5.64. The summed E-state index contributed by atoms with van der Waals surface area (Å²) in [6, 6.07) is 16.5. The smallest absolute Gasteiger partial charge is 0.279 e. The molecule has 4 nitrogen and oxygen atoms in total. The Morgan fingerprint density at radius 3 is 2.35 bits per heavy atom. The van der Waals surface area contributed by atoms with Crippen LogP contribution in [-0.4, -0.2) is 12.5 Å². The Labute approximate surface area is 166 Å². The first-order valence-corrected chi connectivity index (χ1v) is 9.04. The second-order valence-corrected chi connectivity index (χ2v) is 6.89. The van der Waals surface area contributed by atoms with Crippen molar-refractivity contribution in [3.8, 4) is 0 Å². The normalized spacial score (nSPS) is 12.0. The summed E-state index contributed by atoms with van der Waals surface area (Å²) in [6.07, 6.45) is 1.62. The van der Waals surface area contributed by atoms with Gasteiger partial charge in [-0.1, -0.05) is 65.1 Å². The minimum atomic E-state index is -0.233. The molecule has 1 aromatic heterocycles. The molecule has 1 heterocycles. The lowest BCUT2D eigenvalue weighted by molar-refractivity contribution is -0.678. The number of benzene rings is 2. The summed E-state index contributed by atoms with van der Waals surface area (Å²) < 4.78 is 5.53. The molecular formula is C19H16Cl3N2O2+. The number of nitrogens with two attached hydrogens (primary N) is 1. The van der Waals surface area contributed by atoms with Crippen LogP contribution in [0.15, 0.2) is 65.3 Å². The van der Waals surface area contributed by atoms with E-state index in [0.717, 1.165) is 11.3 Å². The van der Waals surface area contributed by atoms with Crippen molar-refractivity contribution in [3.63, 3.8) is 0 Å². The van der Waals surface area contributed by atoms with Gasteiger partial charge in [-0.3, -0.25) is 4.79 Å². The van der Waals surface area contributed by atoms with Crippen LogP contribution in [0.4, 0.5) is 5.69 Å². The summed E-state index contributed by atoms with van der Waals surface area (Å²) in [5.41, 5.74) is 1.39. The number of nitrogens with one attached hydrogen (secondary N) is 1. The standard InChI is InChI=1S/C19H15Cl3N2O2/c20-13-9-14(21)19(15(22)10-13)24-17(25)11-23-18(16-7-4-8-26-16)12-5-2-1-3-6-12/h1-10,18,23H,11H2,(H,24,25)/p+1/t18-/m0/s1. The first-order valence-electron chi connectivity index (χ1n) is 7.90. The lowest BCUT2D eigenvalue weighted by atomic mass is 10.0.